The third-order valence-electron chi connectivity index (χ3n) is 6.17. The van der Waals surface area contributed by atoms with Gasteiger partial charge in [-0.15, -0.1) is 0 Å². The fourth-order valence-corrected chi connectivity index (χ4v) is 6.02. The molecule has 0 radical (unpaired) electrons. The molecule has 3 rings (SSSR count). The minimum absolute atomic E-state index is 0.0182. The van der Waals surface area contributed by atoms with Crippen LogP contribution in [-0.4, -0.2) is 48.0 Å². The number of nitrogens with zero attached hydrogens (tertiary/aromatic N) is 3. The second-order valence-corrected chi connectivity index (χ2v) is 13.3. The van der Waals surface area contributed by atoms with Crippen LogP contribution in [0.4, 0.5) is 0 Å². The molecular formula is C27H41N3O4S. The van der Waals surface area contributed by atoms with E-state index in [4.69, 9.17) is 4.74 Å². The second-order valence-electron chi connectivity index (χ2n) is 11.4. The molecule has 194 valence electrons. The zero-order valence-electron chi connectivity index (χ0n) is 22.1. The molecule has 0 saturated carbocycles. The van der Waals surface area contributed by atoms with Crippen molar-refractivity contribution in [1.29, 1.82) is 0 Å². The maximum absolute atomic E-state index is 13.5. The standard InChI is InChI=1S/C27H41N3O4S/c1-20(2)16-30-23(15-28-26(30)35(32,33)19-22-11-8-7-10-21(22)3)17-29(18-24-12-9-13-34-24)25(31)14-27(4,5)6/h7-8,10-11,15,20,24H,9,12-14,16-19H2,1-6H3/t24-/m1/s1. The van der Waals surface area contributed by atoms with E-state index in [-0.39, 0.29) is 34.3 Å². The smallest absolute Gasteiger partial charge is 0.228 e. The Kier molecular flexibility index (Phi) is 8.81. The van der Waals surface area contributed by atoms with Crippen LogP contribution in [0.15, 0.2) is 35.6 Å². The van der Waals surface area contributed by atoms with Gasteiger partial charge in [0.25, 0.3) is 0 Å². The second kappa shape index (κ2) is 11.2. The van der Waals surface area contributed by atoms with E-state index in [1.807, 2.05) is 36.1 Å². The first-order valence-electron chi connectivity index (χ1n) is 12.6. The summed E-state index contributed by atoms with van der Waals surface area (Å²) in [5.74, 6) is 0.165. The number of carbonyl (C=O) groups excluding carboxylic acids is 1. The van der Waals surface area contributed by atoms with Crippen molar-refractivity contribution in [3.63, 3.8) is 0 Å². The lowest BCUT2D eigenvalue weighted by Crippen LogP contribution is -2.39. The van der Waals surface area contributed by atoms with Crippen molar-refractivity contribution >= 4 is 15.7 Å². The average molecular weight is 504 g/mol. The molecule has 1 aromatic heterocycles. The number of aromatic nitrogens is 2. The zero-order chi connectivity index (χ0) is 25.8. The summed E-state index contributed by atoms with van der Waals surface area (Å²) in [5.41, 5.74) is 2.30. The number of aryl methyl sites for hydroxylation is 1. The number of ether oxygens (including phenoxy) is 1. The largest absolute Gasteiger partial charge is 0.376 e. The number of hydrogen-bond acceptors (Lipinski definition) is 5. The molecular weight excluding hydrogens is 462 g/mol. The van der Waals surface area contributed by atoms with Gasteiger partial charge in [0.2, 0.25) is 20.9 Å². The molecule has 1 saturated heterocycles. The summed E-state index contributed by atoms with van der Waals surface area (Å²) in [5, 5.41) is 0.0739. The van der Waals surface area contributed by atoms with Gasteiger partial charge in [0.1, 0.15) is 0 Å². The lowest BCUT2D eigenvalue weighted by Gasteiger charge is -2.29. The van der Waals surface area contributed by atoms with E-state index in [0.717, 1.165) is 36.3 Å². The fourth-order valence-electron chi connectivity index (χ4n) is 4.42. The minimum atomic E-state index is -3.67. The number of sulfone groups is 1. The van der Waals surface area contributed by atoms with Gasteiger partial charge in [0.15, 0.2) is 0 Å². The van der Waals surface area contributed by atoms with Gasteiger partial charge < -0.3 is 14.2 Å². The van der Waals surface area contributed by atoms with Gasteiger partial charge in [-0.2, -0.15) is 0 Å². The zero-order valence-corrected chi connectivity index (χ0v) is 22.9. The van der Waals surface area contributed by atoms with Gasteiger partial charge in [-0.25, -0.2) is 13.4 Å². The van der Waals surface area contributed by atoms with Crippen molar-refractivity contribution in [1.82, 2.24) is 14.5 Å². The quantitative estimate of drug-likeness (QED) is 0.467. The van der Waals surface area contributed by atoms with Crippen LogP contribution >= 0.6 is 0 Å². The van der Waals surface area contributed by atoms with Crippen molar-refractivity contribution < 1.29 is 17.9 Å². The third-order valence-corrected chi connectivity index (χ3v) is 7.74. The first kappa shape index (κ1) is 27.4. The number of hydrogen-bond donors (Lipinski definition) is 0. The predicted octanol–water partition coefficient (Wildman–Crippen LogP) is 4.77. The molecule has 1 aliphatic rings. The van der Waals surface area contributed by atoms with E-state index in [0.29, 0.717) is 26.1 Å². The number of carbonyl (C=O) groups is 1. The molecule has 1 aromatic carbocycles. The van der Waals surface area contributed by atoms with Crippen LogP contribution in [0.1, 0.15) is 70.7 Å². The molecule has 0 bridgehead atoms. The van der Waals surface area contributed by atoms with Crippen molar-refractivity contribution in [3.05, 3.63) is 47.3 Å². The van der Waals surface area contributed by atoms with E-state index in [9.17, 15) is 13.2 Å². The predicted molar refractivity (Wildman–Crippen MR) is 138 cm³/mol. The highest BCUT2D eigenvalue weighted by Gasteiger charge is 2.29. The van der Waals surface area contributed by atoms with Gasteiger partial charge in [-0.1, -0.05) is 58.9 Å². The first-order chi connectivity index (χ1) is 16.4. The molecule has 1 amide bonds. The lowest BCUT2D eigenvalue weighted by molar-refractivity contribution is -0.135. The summed E-state index contributed by atoms with van der Waals surface area (Å²) < 4.78 is 34.6. The van der Waals surface area contributed by atoms with Crippen molar-refractivity contribution in [3.8, 4) is 0 Å². The minimum Gasteiger partial charge on any atom is -0.376 e. The Bertz CT molecular complexity index is 1110. The first-order valence-corrected chi connectivity index (χ1v) is 14.2. The van der Waals surface area contributed by atoms with Crippen LogP contribution in [0, 0.1) is 18.3 Å². The average Bonchev–Trinajstić information content (AvgIpc) is 3.38. The highest BCUT2D eigenvalue weighted by molar-refractivity contribution is 7.90. The lowest BCUT2D eigenvalue weighted by atomic mass is 9.91. The van der Waals surface area contributed by atoms with E-state index in [1.165, 1.54) is 0 Å². The molecule has 0 N–H and O–H groups in total. The Morgan fingerprint density at radius 2 is 1.97 bits per heavy atom. The van der Waals surface area contributed by atoms with Crippen LogP contribution in [0.3, 0.4) is 0 Å². The summed E-state index contributed by atoms with van der Waals surface area (Å²) in [6.45, 7) is 14.2. The maximum atomic E-state index is 13.5. The van der Waals surface area contributed by atoms with Gasteiger partial charge in [0.05, 0.1) is 30.3 Å². The highest BCUT2D eigenvalue weighted by atomic mass is 32.2. The molecule has 8 heteroatoms. The molecule has 7 nitrogen and oxygen atoms in total. The number of amides is 1. The molecule has 0 spiro atoms. The van der Waals surface area contributed by atoms with E-state index in [2.05, 4.69) is 39.6 Å². The summed E-state index contributed by atoms with van der Waals surface area (Å²) in [6, 6.07) is 7.52. The number of imidazole rings is 1. The van der Waals surface area contributed by atoms with Crippen molar-refractivity contribution in [2.24, 2.45) is 11.3 Å². The molecule has 1 aliphatic heterocycles. The van der Waals surface area contributed by atoms with Gasteiger partial charge >= 0.3 is 0 Å². The molecule has 1 atom stereocenters. The normalized spacial score (nSPS) is 16.7. The third kappa shape index (κ3) is 7.64. The summed E-state index contributed by atoms with van der Waals surface area (Å²) >= 11 is 0. The molecule has 1 fully saturated rings. The summed E-state index contributed by atoms with van der Waals surface area (Å²) in [6.07, 6.45) is 3.99. The number of benzene rings is 1. The Balaban J connectivity index is 1.93. The van der Waals surface area contributed by atoms with Crippen LogP contribution in [-0.2, 0) is 38.2 Å². The fraction of sp³-hybridized carbons (Fsp3) is 0.630. The van der Waals surface area contributed by atoms with Crippen LogP contribution in [0.25, 0.3) is 0 Å². The van der Waals surface area contributed by atoms with Gasteiger partial charge in [-0.05, 0) is 42.2 Å². The number of rotatable bonds is 10. The van der Waals surface area contributed by atoms with E-state index >= 15 is 0 Å². The Morgan fingerprint density at radius 3 is 2.57 bits per heavy atom. The Morgan fingerprint density at radius 1 is 1.26 bits per heavy atom. The molecule has 2 heterocycles. The van der Waals surface area contributed by atoms with Crippen molar-refractivity contribution in [2.75, 3.05) is 13.2 Å². The molecule has 0 unspecified atom stereocenters. The van der Waals surface area contributed by atoms with E-state index in [1.54, 1.807) is 10.8 Å². The van der Waals surface area contributed by atoms with Crippen LogP contribution in [0.5, 0.6) is 0 Å². The Hall–Kier alpha value is -2.19. The monoisotopic (exact) mass is 503 g/mol. The Labute approximate surface area is 210 Å². The maximum Gasteiger partial charge on any atom is 0.228 e. The molecule has 2 aromatic rings. The topological polar surface area (TPSA) is 81.5 Å². The van der Waals surface area contributed by atoms with Crippen molar-refractivity contribution in [2.45, 2.75) is 90.9 Å². The highest BCUT2D eigenvalue weighted by Crippen LogP contribution is 2.25. The van der Waals surface area contributed by atoms with Crippen LogP contribution < -0.4 is 0 Å². The SMILES string of the molecule is Cc1ccccc1CS(=O)(=O)c1ncc(CN(C[C@H]2CCCO2)C(=O)CC(C)(C)C)n1CC(C)C. The summed E-state index contributed by atoms with van der Waals surface area (Å²) in [4.78, 5) is 19.5. The van der Waals surface area contributed by atoms with Crippen LogP contribution in [0.2, 0.25) is 0 Å². The van der Waals surface area contributed by atoms with Gasteiger partial charge in [-0.3, -0.25) is 4.79 Å². The van der Waals surface area contributed by atoms with E-state index < -0.39 is 9.84 Å². The van der Waals surface area contributed by atoms with Gasteiger partial charge in [0, 0.05) is 26.1 Å². The molecule has 0 aliphatic carbocycles. The molecule has 35 heavy (non-hydrogen) atoms. The summed E-state index contributed by atoms with van der Waals surface area (Å²) in [7, 11) is -3.67.